The Morgan fingerprint density at radius 2 is 1.91 bits per heavy atom. The van der Waals surface area contributed by atoms with E-state index in [1.54, 1.807) is 6.08 Å². The van der Waals surface area contributed by atoms with Crippen LogP contribution in [-0.4, -0.2) is 11.6 Å². The van der Waals surface area contributed by atoms with Gasteiger partial charge in [-0.3, -0.25) is 9.59 Å². The molecule has 6 atom stereocenters. The Hall–Kier alpha value is -1.18. The summed E-state index contributed by atoms with van der Waals surface area (Å²) in [5, 5.41) is 0. The number of hydrogen-bond acceptors (Lipinski definition) is 2. The molecule has 2 heteroatoms. The number of Topliss-reactive ketones (excluding diaryl/α,β-unsaturated/α-hetero) is 1. The lowest BCUT2D eigenvalue weighted by molar-refractivity contribution is -0.133. The van der Waals surface area contributed by atoms with E-state index in [2.05, 4.69) is 26.5 Å². The number of allylic oxidation sites excluding steroid dienone is 3. The number of carbonyl (C=O) groups excluding carboxylic acids is 2. The van der Waals surface area contributed by atoms with E-state index in [-0.39, 0.29) is 16.6 Å². The van der Waals surface area contributed by atoms with Gasteiger partial charge in [0.1, 0.15) is 5.78 Å². The molecule has 0 aliphatic heterocycles. The lowest BCUT2D eigenvalue weighted by Gasteiger charge is -2.58. The van der Waals surface area contributed by atoms with Gasteiger partial charge in [0, 0.05) is 18.3 Å². The molecule has 0 aromatic heterocycles. The van der Waals surface area contributed by atoms with Crippen molar-refractivity contribution in [3.63, 3.8) is 0 Å². The Bertz CT molecular complexity index is 601. The maximum absolute atomic E-state index is 12.4. The van der Waals surface area contributed by atoms with Crippen molar-refractivity contribution in [3.8, 4) is 0 Å². The van der Waals surface area contributed by atoms with E-state index in [0.29, 0.717) is 35.9 Å². The van der Waals surface area contributed by atoms with Crippen molar-refractivity contribution in [3.05, 3.63) is 24.3 Å². The van der Waals surface area contributed by atoms with E-state index >= 15 is 0 Å². The number of fused-ring (bicyclic) bond motifs is 5. The van der Waals surface area contributed by atoms with Gasteiger partial charge < -0.3 is 0 Å². The molecule has 1 unspecified atom stereocenters. The molecule has 0 saturated heterocycles. The molecule has 0 bridgehead atoms. The van der Waals surface area contributed by atoms with Crippen molar-refractivity contribution < 1.29 is 9.59 Å². The summed E-state index contributed by atoms with van der Waals surface area (Å²) in [4.78, 5) is 24.3. The van der Waals surface area contributed by atoms with Crippen LogP contribution in [0.15, 0.2) is 24.3 Å². The fraction of sp³-hybridized carbons (Fsp3) is 0.700. The molecule has 0 aromatic carbocycles. The predicted molar refractivity (Wildman–Crippen MR) is 86.2 cm³/mol. The Morgan fingerprint density at radius 1 is 1.14 bits per heavy atom. The molecule has 0 spiro atoms. The SMILES string of the molecule is C=C1C[C@@H]2[C@@H](CC[C@]3(C)C(=O)CC[C@@H]23)[C@@]2(C)C=CC(=O)CC12. The fourth-order valence-corrected chi connectivity index (χ4v) is 6.40. The predicted octanol–water partition coefficient (Wildman–Crippen LogP) is 4.11. The summed E-state index contributed by atoms with van der Waals surface area (Å²) >= 11 is 0. The first-order valence-electron chi connectivity index (χ1n) is 8.79. The molecule has 4 aliphatic rings. The summed E-state index contributed by atoms with van der Waals surface area (Å²) in [6.45, 7) is 8.90. The average Bonchev–Trinajstić information content (AvgIpc) is 2.77. The smallest absolute Gasteiger partial charge is 0.156 e. The molecule has 22 heavy (non-hydrogen) atoms. The summed E-state index contributed by atoms with van der Waals surface area (Å²) < 4.78 is 0. The van der Waals surface area contributed by atoms with Gasteiger partial charge in [0.2, 0.25) is 0 Å². The Balaban J connectivity index is 1.75. The molecule has 4 rings (SSSR count). The van der Waals surface area contributed by atoms with Gasteiger partial charge in [0.05, 0.1) is 0 Å². The molecule has 0 aromatic rings. The highest BCUT2D eigenvalue weighted by Crippen LogP contribution is 2.65. The summed E-state index contributed by atoms with van der Waals surface area (Å²) in [6.07, 6.45) is 9.65. The van der Waals surface area contributed by atoms with Gasteiger partial charge in [-0.15, -0.1) is 0 Å². The van der Waals surface area contributed by atoms with E-state index in [4.69, 9.17) is 0 Å². The van der Waals surface area contributed by atoms with Crippen LogP contribution < -0.4 is 0 Å². The summed E-state index contributed by atoms with van der Waals surface area (Å²) in [5.74, 6) is 2.77. The zero-order valence-electron chi connectivity index (χ0n) is 13.7. The van der Waals surface area contributed by atoms with E-state index in [1.165, 1.54) is 5.57 Å². The number of ketones is 2. The normalized spacial score (nSPS) is 50.5. The van der Waals surface area contributed by atoms with Crippen molar-refractivity contribution in [1.82, 2.24) is 0 Å². The second kappa shape index (κ2) is 4.43. The van der Waals surface area contributed by atoms with Gasteiger partial charge in [0.15, 0.2) is 5.78 Å². The van der Waals surface area contributed by atoms with E-state index in [9.17, 15) is 9.59 Å². The van der Waals surface area contributed by atoms with Crippen LogP contribution in [0.3, 0.4) is 0 Å². The Morgan fingerprint density at radius 3 is 2.68 bits per heavy atom. The van der Waals surface area contributed by atoms with Crippen molar-refractivity contribution in [2.45, 2.75) is 52.4 Å². The van der Waals surface area contributed by atoms with Crippen molar-refractivity contribution in [2.75, 3.05) is 0 Å². The molecule has 0 heterocycles. The van der Waals surface area contributed by atoms with Crippen LogP contribution in [-0.2, 0) is 9.59 Å². The number of carbonyl (C=O) groups is 2. The van der Waals surface area contributed by atoms with Crippen LogP contribution >= 0.6 is 0 Å². The van der Waals surface area contributed by atoms with E-state index < -0.39 is 0 Å². The van der Waals surface area contributed by atoms with Crippen LogP contribution in [0.1, 0.15) is 52.4 Å². The third-order valence-corrected chi connectivity index (χ3v) is 7.72. The van der Waals surface area contributed by atoms with Gasteiger partial charge >= 0.3 is 0 Å². The van der Waals surface area contributed by atoms with Gasteiger partial charge in [0.25, 0.3) is 0 Å². The second-order valence-corrected chi connectivity index (χ2v) is 8.58. The van der Waals surface area contributed by atoms with E-state index in [0.717, 1.165) is 32.1 Å². The lowest BCUT2D eigenvalue weighted by Crippen LogP contribution is -2.53. The molecule has 0 radical (unpaired) electrons. The standard InChI is InChI=1S/C20H26O2/c1-12-10-14-15-4-5-18(22)20(15,3)9-7-16(14)19(2)8-6-13(21)11-17(12)19/h6,8,14-17H,1,4-5,7,9-11H2,2-3H3/t14-,15-,16+,17?,19+,20-/m0/s1. The third-order valence-electron chi connectivity index (χ3n) is 7.72. The van der Waals surface area contributed by atoms with Crippen molar-refractivity contribution in [2.24, 2.45) is 34.5 Å². The van der Waals surface area contributed by atoms with Crippen molar-refractivity contribution in [1.29, 1.82) is 0 Å². The minimum Gasteiger partial charge on any atom is -0.299 e. The average molecular weight is 298 g/mol. The minimum absolute atomic E-state index is 0.0703. The van der Waals surface area contributed by atoms with Gasteiger partial charge in [-0.1, -0.05) is 32.1 Å². The molecule has 4 aliphatic carbocycles. The second-order valence-electron chi connectivity index (χ2n) is 8.58. The monoisotopic (exact) mass is 298 g/mol. The van der Waals surface area contributed by atoms with Gasteiger partial charge in [-0.2, -0.15) is 0 Å². The first-order chi connectivity index (χ1) is 10.4. The highest BCUT2D eigenvalue weighted by atomic mass is 16.1. The van der Waals surface area contributed by atoms with Crippen molar-refractivity contribution >= 4 is 11.6 Å². The van der Waals surface area contributed by atoms with Gasteiger partial charge in [-0.25, -0.2) is 0 Å². The van der Waals surface area contributed by atoms with Crippen LogP contribution in [0.4, 0.5) is 0 Å². The Kier molecular flexibility index (Phi) is 2.90. The molecule has 3 fully saturated rings. The van der Waals surface area contributed by atoms with Gasteiger partial charge in [-0.05, 0) is 60.8 Å². The third kappa shape index (κ3) is 1.67. The summed E-state index contributed by atoms with van der Waals surface area (Å²) in [5.41, 5.74) is 1.24. The molecule has 3 saturated carbocycles. The zero-order chi connectivity index (χ0) is 15.7. The van der Waals surface area contributed by atoms with Crippen LogP contribution in [0, 0.1) is 34.5 Å². The molecule has 0 N–H and O–H groups in total. The number of rotatable bonds is 0. The fourth-order valence-electron chi connectivity index (χ4n) is 6.40. The molecular weight excluding hydrogens is 272 g/mol. The molecular formula is C20H26O2. The summed E-state index contributed by atoms with van der Waals surface area (Å²) in [6, 6.07) is 0. The minimum atomic E-state index is -0.0845. The highest BCUT2D eigenvalue weighted by molar-refractivity contribution is 5.91. The quantitative estimate of drug-likeness (QED) is 0.631. The molecule has 118 valence electrons. The van der Waals surface area contributed by atoms with Crippen LogP contribution in [0.2, 0.25) is 0 Å². The van der Waals surface area contributed by atoms with Crippen LogP contribution in [0.25, 0.3) is 0 Å². The first kappa shape index (κ1) is 14.4. The number of hydrogen-bond donors (Lipinski definition) is 0. The largest absolute Gasteiger partial charge is 0.299 e. The van der Waals surface area contributed by atoms with Crippen LogP contribution in [0.5, 0.6) is 0 Å². The van der Waals surface area contributed by atoms with E-state index in [1.807, 2.05) is 0 Å². The zero-order valence-corrected chi connectivity index (χ0v) is 13.7. The maximum atomic E-state index is 12.4. The Labute approximate surface area is 133 Å². The summed E-state index contributed by atoms with van der Waals surface area (Å²) in [7, 11) is 0. The first-order valence-corrected chi connectivity index (χ1v) is 8.79. The molecule has 0 amide bonds. The maximum Gasteiger partial charge on any atom is 0.156 e. The highest BCUT2D eigenvalue weighted by Gasteiger charge is 2.60. The lowest BCUT2D eigenvalue weighted by atomic mass is 9.45. The topological polar surface area (TPSA) is 34.1 Å². The molecule has 2 nitrogen and oxygen atoms in total.